The van der Waals surface area contributed by atoms with Crippen LogP contribution in [0.2, 0.25) is 0 Å². The first-order valence-electron chi connectivity index (χ1n) is 6.95. The van der Waals surface area contributed by atoms with Crippen molar-refractivity contribution in [1.29, 1.82) is 5.26 Å². The van der Waals surface area contributed by atoms with E-state index in [1.54, 1.807) is 24.3 Å². The predicted molar refractivity (Wildman–Crippen MR) is 80.1 cm³/mol. The molecule has 106 valence electrons. The number of hydrogen-bond donors (Lipinski definition) is 1. The van der Waals surface area contributed by atoms with Crippen LogP contribution in [-0.4, -0.2) is 18.1 Å². The molecule has 3 rings (SSSR count). The van der Waals surface area contributed by atoms with Crippen LogP contribution in [0.5, 0.6) is 0 Å². The van der Waals surface area contributed by atoms with E-state index in [0.29, 0.717) is 22.9 Å². The molecule has 4 nitrogen and oxygen atoms in total. The molecule has 0 bridgehead atoms. The SMILES string of the molecule is N#Cc1cccc(Nc2ccc(N3CCCC3)c(F)c2)n1. The minimum atomic E-state index is -0.238. The second-order valence-corrected chi connectivity index (χ2v) is 5.01. The molecule has 0 unspecified atom stereocenters. The highest BCUT2D eigenvalue weighted by Gasteiger charge is 2.16. The maximum Gasteiger partial charge on any atom is 0.148 e. The van der Waals surface area contributed by atoms with Gasteiger partial charge in [0.15, 0.2) is 0 Å². The minimum absolute atomic E-state index is 0.238. The van der Waals surface area contributed by atoms with Gasteiger partial charge in [-0.1, -0.05) is 6.07 Å². The van der Waals surface area contributed by atoms with Crippen molar-refractivity contribution in [3.05, 3.63) is 47.9 Å². The molecule has 1 N–H and O–H groups in total. The van der Waals surface area contributed by atoms with Crippen LogP contribution in [0, 0.1) is 17.1 Å². The average molecular weight is 282 g/mol. The molecule has 1 aliphatic heterocycles. The van der Waals surface area contributed by atoms with E-state index in [1.165, 1.54) is 6.07 Å². The quantitative estimate of drug-likeness (QED) is 0.937. The van der Waals surface area contributed by atoms with Crippen molar-refractivity contribution >= 4 is 17.2 Å². The number of rotatable bonds is 3. The number of hydrogen-bond acceptors (Lipinski definition) is 4. The summed E-state index contributed by atoms with van der Waals surface area (Å²) in [5, 5.41) is 11.8. The van der Waals surface area contributed by atoms with E-state index < -0.39 is 0 Å². The molecule has 2 aromatic rings. The van der Waals surface area contributed by atoms with Gasteiger partial charge >= 0.3 is 0 Å². The third kappa shape index (κ3) is 2.95. The second kappa shape index (κ2) is 5.80. The lowest BCUT2D eigenvalue weighted by atomic mass is 10.2. The van der Waals surface area contributed by atoms with Crippen molar-refractivity contribution in [3.63, 3.8) is 0 Å². The van der Waals surface area contributed by atoms with Crippen molar-refractivity contribution in [2.24, 2.45) is 0 Å². The number of anilines is 3. The number of aromatic nitrogens is 1. The van der Waals surface area contributed by atoms with Gasteiger partial charge < -0.3 is 10.2 Å². The van der Waals surface area contributed by atoms with Crippen molar-refractivity contribution in [3.8, 4) is 6.07 Å². The van der Waals surface area contributed by atoms with Gasteiger partial charge in [-0.25, -0.2) is 9.37 Å². The molecule has 0 atom stereocenters. The van der Waals surface area contributed by atoms with E-state index >= 15 is 0 Å². The number of nitrogens with zero attached hydrogens (tertiary/aromatic N) is 3. The van der Waals surface area contributed by atoms with Crippen LogP contribution in [-0.2, 0) is 0 Å². The monoisotopic (exact) mass is 282 g/mol. The zero-order valence-corrected chi connectivity index (χ0v) is 11.5. The Morgan fingerprint density at radius 1 is 1.19 bits per heavy atom. The van der Waals surface area contributed by atoms with Crippen molar-refractivity contribution in [2.75, 3.05) is 23.3 Å². The fourth-order valence-electron chi connectivity index (χ4n) is 2.51. The first kappa shape index (κ1) is 13.4. The molecular weight excluding hydrogens is 267 g/mol. The van der Waals surface area contributed by atoms with Crippen LogP contribution in [0.3, 0.4) is 0 Å². The molecular formula is C16H15FN4. The molecule has 0 saturated carbocycles. The first-order valence-corrected chi connectivity index (χ1v) is 6.95. The van der Waals surface area contributed by atoms with Gasteiger partial charge in [0.2, 0.25) is 0 Å². The minimum Gasteiger partial charge on any atom is -0.369 e. The number of nitrogens with one attached hydrogen (secondary N) is 1. The average Bonchev–Trinajstić information content (AvgIpc) is 3.01. The van der Waals surface area contributed by atoms with Crippen LogP contribution in [0.4, 0.5) is 21.6 Å². The van der Waals surface area contributed by atoms with E-state index in [0.717, 1.165) is 25.9 Å². The van der Waals surface area contributed by atoms with E-state index in [1.807, 2.05) is 12.1 Å². The Balaban J connectivity index is 1.80. The van der Waals surface area contributed by atoms with Crippen LogP contribution in [0.1, 0.15) is 18.5 Å². The Hall–Kier alpha value is -2.61. The normalized spacial score (nSPS) is 14.0. The van der Waals surface area contributed by atoms with Crippen molar-refractivity contribution in [2.45, 2.75) is 12.8 Å². The Morgan fingerprint density at radius 3 is 2.71 bits per heavy atom. The standard InChI is InChI=1S/C16H15FN4/c17-14-10-12(6-7-15(14)21-8-1-2-9-21)19-16-5-3-4-13(11-18)20-16/h3-7,10H,1-2,8-9H2,(H,19,20). The number of halogens is 1. The number of pyridine rings is 1. The van der Waals surface area contributed by atoms with Gasteiger partial charge in [-0.3, -0.25) is 0 Å². The predicted octanol–water partition coefficient (Wildman–Crippen LogP) is 3.44. The molecule has 1 aromatic heterocycles. The smallest absolute Gasteiger partial charge is 0.148 e. The largest absolute Gasteiger partial charge is 0.369 e. The molecule has 1 saturated heterocycles. The molecule has 0 amide bonds. The molecule has 0 aliphatic carbocycles. The Bertz CT molecular complexity index is 687. The molecule has 0 spiro atoms. The van der Waals surface area contributed by atoms with Gasteiger partial charge in [0.25, 0.3) is 0 Å². The summed E-state index contributed by atoms with van der Waals surface area (Å²) in [7, 11) is 0. The summed E-state index contributed by atoms with van der Waals surface area (Å²) < 4.78 is 14.2. The molecule has 5 heteroatoms. The lowest BCUT2D eigenvalue weighted by molar-refractivity contribution is 0.623. The van der Waals surface area contributed by atoms with Crippen LogP contribution in [0.25, 0.3) is 0 Å². The van der Waals surface area contributed by atoms with E-state index in [2.05, 4.69) is 15.2 Å². The molecule has 1 aromatic carbocycles. The number of nitriles is 1. The van der Waals surface area contributed by atoms with E-state index in [-0.39, 0.29) is 5.82 Å². The third-order valence-electron chi connectivity index (χ3n) is 3.53. The topological polar surface area (TPSA) is 52.0 Å². The summed E-state index contributed by atoms with van der Waals surface area (Å²) in [6.45, 7) is 1.82. The van der Waals surface area contributed by atoms with E-state index in [9.17, 15) is 4.39 Å². The van der Waals surface area contributed by atoms with Crippen molar-refractivity contribution in [1.82, 2.24) is 4.98 Å². The van der Waals surface area contributed by atoms with Crippen LogP contribution in [0.15, 0.2) is 36.4 Å². The number of benzene rings is 1. The molecule has 0 radical (unpaired) electrons. The second-order valence-electron chi connectivity index (χ2n) is 5.01. The zero-order chi connectivity index (χ0) is 14.7. The molecule has 1 aliphatic rings. The van der Waals surface area contributed by atoms with E-state index in [4.69, 9.17) is 5.26 Å². The summed E-state index contributed by atoms with van der Waals surface area (Å²) in [5.74, 6) is 0.292. The maximum atomic E-state index is 14.2. The van der Waals surface area contributed by atoms with Gasteiger partial charge in [-0.05, 0) is 43.2 Å². The van der Waals surface area contributed by atoms with Crippen molar-refractivity contribution < 1.29 is 4.39 Å². The first-order chi connectivity index (χ1) is 10.3. The summed E-state index contributed by atoms with van der Waals surface area (Å²) >= 11 is 0. The molecule has 2 heterocycles. The molecule has 1 fully saturated rings. The molecule has 21 heavy (non-hydrogen) atoms. The van der Waals surface area contributed by atoms with Gasteiger partial charge in [0.05, 0.1) is 5.69 Å². The fourth-order valence-corrected chi connectivity index (χ4v) is 2.51. The van der Waals surface area contributed by atoms with Gasteiger partial charge in [-0.2, -0.15) is 5.26 Å². The van der Waals surface area contributed by atoms with Gasteiger partial charge in [-0.15, -0.1) is 0 Å². The van der Waals surface area contributed by atoms with Crippen LogP contribution >= 0.6 is 0 Å². The third-order valence-corrected chi connectivity index (χ3v) is 3.53. The summed E-state index contributed by atoms with van der Waals surface area (Å²) in [6.07, 6.45) is 2.23. The highest BCUT2D eigenvalue weighted by Crippen LogP contribution is 2.27. The van der Waals surface area contributed by atoms with Gasteiger partial charge in [0.1, 0.15) is 23.4 Å². The summed E-state index contributed by atoms with van der Waals surface area (Å²) in [5.41, 5.74) is 1.60. The lowest BCUT2D eigenvalue weighted by Crippen LogP contribution is -2.18. The Morgan fingerprint density at radius 2 is 2.00 bits per heavy atom. The zero-order valence-electron chi connectivity index (χ0n) is 11.5. The highest BCUT2D eigenvalue weighted by molar-refractivity contribution is 5.62. The summed E-state index contributed by atoms with van der Waals surface area (Å²) in [4.78, 5) is 6.17. The summed E-state index contributed by atoms with van der Waals surface area (Å²) in [6, 6.07) is 12.2. The van der Waals surface area contributed by atoms with Gasteiger partial charge in [0, 0.05) is 18.8 Å². The maximum absolute atomic E-state index is 14.2. The Kier molecular flexibility index (Phi) is 3.69. The fraction of sp³-hybridized carbons (Fsp3) is 0.250. The highest BCUT2D eigenvalue weighted by atomic mass is 19.1. The Labute approximate surface area is 122 Å². The van der Waals surface area contributed by atoms with Crippen LogP contribution < -0.4 is 10.2 Å². The lowest BCUT2D eigenvalue weighted by Gasteiger charge is -2.19.